The van der Waals surface area contributed by atoms with Gasteiger partial charge >= 0.3 is 6.03 Å². The molecule has 1 aromatic rings. The van der Waals surface area contributed by atoms with Crippen molar-refractivity contribution >= 4 is 11.8 Å². The minimum absolute atomic E-state index is 0.224. The monoisotopic (exact) mass is 150 g/mol. The van der Waals surface area contributed by atoms with Gasteiger partial charge in [-0.2, -0.15) is 0 Å². The molecule has 0 atom stereocenters. The third-order valence-electron chi connectivity index (χ3n) is 1.42. The van der Waals surface area contributed by atoms with Crippen LogP contribution in [0, 0.1) is 0 Å². The lowest BCUT2D eigenvalue weighted by atomic mass is 10.3. The molecule has 5 nitrogen and oxygen atoms in total. The van der Waals surface area contributed by atoms with Crippen molar-refractivity contribution < 1.29 is 4.79 Å². The Morgan fingerprint density at radius 2 is 2.18 bits per heavy atom. The second-order valence-electron chi connectivity index (χ2n) is 2.16. The largest absolute Gasteiger partial charge is 0.332 e. The number of urea groups is 1. The fraction of sp³-hybridized carbons (Fsp3) is 0.167. The van der Waals surface area contributed by atoms with Gasteiger partial charge in [-0.15, -0.1) is 0 Å². The van der Waals surface area contributed by atoms with Gasteiger partial charge in [0.2, 0.25) is 0 Å². The average Bonchev–Trinajstić information content (AvgIpc) is 2.04. The summed E-state index contributed by atoms with van der Waals surface area (Å²) in [6.07, 6.45) is 3.14. The molecule has 0 unspecified atom stereocenters. The van der Waals surface area contributed by atoms with E-state index >= 15 is 0 Å². The summed E-state index contributed by atoms with van der Waals surface area (Å²) in [5, 5.41) is 5.12. The van der Waals surface area contributed by atoms with Gasteiger partial charge in [0.1, 0.15) is 5.69 Å². The Kier molecular flexibility index (Phi) is 1.21. The van der Waals surface area contributed by atoms with E-state index < -0.39 is 0 Å². The summed E-state index contributed by atoms with van der Waals surface area (Å²) in [5.41, 5.74) is 0.770. The van der Waals surface area contributed by atoms with Crippen molar-refractivity contribution in [1.29, 1.82) is 0 Å². The second kappa shape index (κ2) is 2.19. The van der Waals surface area contributed by atoms with Crippen LogP contribution >= 0.6 is 0 Å². The topological polar surface area (TPSA) is 66.9 Å². The Hall–Kier alpha value is -1.65. The third-order valence-corrected chi connectivity index (χ3v) is 1.42. The predicted octanol–water partition coefficient (Wildman–Crippen LogP) is 0.112. The lowest BCUT2D eigenvalue weighted by Gasteiger charge is -2.14. The van der Waals surface area contributed by atoms with Crippen LogP contribution in [0.3, 0.4) is 0 Å². The number of aromatic nitrogens is 2. The summed E-state index contributed by atoms with van der Waals surface area (Å²) in [4.78, 5) is 18.7. The summed E-state index contributed by atoms with van der Waals surface area (Å²) in [6, 6.07) is -0.224. The summed E-state index contributed by atoms with van der Waals surface area (Å²) in [5.74, 6) is 0.552. The first-order valence-corrected chi connectivity index (χ1v) is 3.21. The van der Waals surface area contributed by atoms with Crippen LogP contribution in [-0.2, 0) is 6.54 Å². The van der Waals surface area contributed by atoms with E-state index in [9.17, 15) is 4.79 Å². The molecule has 2 rings (SSSR count). The smallest absolute Gasteiger partial charge is 0.320 e. The Balaban J connectivity index is 2.41. The Labute approximate surface area is 62.9 Å². The van der Waals surface area contributed by atoms with Crippen molar-refractivity contribution in [3.63, 3.8) is 0 Å². The van der Waals surface area contributed by atoms with Crippen molar-refractivity contribution in [1.82, 2.24) is 15.3 Å². The lowest BCUT2D eigenvalue weighted by Crippen LogP contribution is -2.34. The SMILES string of the molecule is O=C1NCc2nccnc2N1. The molecule has 5 heteroatoms. The van der Waals surface area contributed by atoms with E-state index in [4.69, 9.17) is 0 Å². The van der Waals surface area contributed by atoms with Crippen molar-refractivity contribution in [3.05, 3.63) is 18.1 Å². The van der Waals surface area contributed by atoms with Gasteiger partial charge in [0.15, 0.2) is 5.82 Å². The highest BCUT2D eigenvalue weighted by Gasteiger charge is 2.14. The molecule has 56 valence electrons. The molecule has 0 bridgehead atoms. The summed E-state index contributed by atoms with van der Waals surface area (Å²) in [7, 11) is 0. The first-order valence-electron chi connectivity index (χ1n) is 3.21. The zero-order valence-corrected chi connectivity index (χ0v) is 5.66. The standard InChI is InChI=1S/C6H6N4O/c11-6-9-3-4-5(10-6)8-2-1-7-4/h1-2H,3H2,(H2,8,9,10,11). The molecule has 0 aliphatic carbocycles. The molecule has 0 saturated heterocycles. The number of carbonyl (C=O) groups is 1. The van der Waals surface area contributed by atoms with Gasteiger partial charge in [-0.05, 0) is 0 Å². The molecule has 0 spiro atoms. The van der Waals surface area contributed by atoms with Crippen LogP contribution in [0.1, 0.15) is 5.69 Å². The molecule has 2 amide bonds. The molecule has 0 aromatic carbocycles. The van der Waals surface area contributed by atoms with Crippen LogP contribution in [0.15, 0.2) is 12.4 Å². The number of carbonyl (C=O) groups excluding carboxylic acids is 1. The summed E-state index contributed by atoms with van der Waals surface area (Å²) >= 11 is 0. The first kappa shape index (κ1) is 6.09. The molecule has 1 aromatic heterocycles. The van der Waals surface area contributed by atoms with Gasteiger partial charge in [0, 0.05) is 12.4 Å². The van der Waals surface area contributed by atoms with Crippen molar-refractivity contribution in [3.8, 4) is 0 Å². The van der Waals surface area contributed by atoms with E-state index in [1.54, 1.807) is 12.4 Å². The molecule has 2 heterocycles. The zero-order valence-electron chi connectivity index (χ0n) is 5.66. The average molecular weight is 150 g/mol. The number of nitrogens with zero attached hydrogens (tertiary/aromatic N) is 2. The van der Waals surface area contributed by atoms with Crippen LogP contribution in [0.5, 0.6) is 0 Å². The molecule has 1 aliphatic heterocycles. The van der Waals surface area contributed by atoms with Gasteiger partial charge in [0.05, 0.1) is 6.54 Å². The number of amides is 2. The minimum Gasteiger partial charge on any atom is -0.332 e. The van der Waals surface area contributed by atoms with Crippen molar-refractivity contribution in [2.75, 3.05) is 5.32 Å². The van der Waals surface area contributed by atoms with E-state index in [0.717, 1.165) is 5.69 Å². The van der Waals surface area contributed by atoms with Crippen molar-refractivity contribution in [2.45, 2.75) is 6.54 Å². The number of fused-ring (bicyclic) bond motifs is 1. The van der Waals surface area contributed by atoms with Crippen LogP contribution < -0.4 is 10.6 Å². The molecular weight excluding hydrogens is 144 g/mol. The van der Waals surface area contributed by atoms with E-state index in [1.165, 1.54) is 0 Å². The number of rotatable bonds is 0. The molecule has 0 radical (unpaired) electrons. The Morgan fingerprint density at radius 1 is 1.36 bits per heavy atom. The molecule has 1 aliphatic rings. The maximum atomic E-state index is 10.7. The van der Waals surface area contributed by atoms with E-state index in [1.807, 2.05) is 0 Å². The first-order chi connectivity index (χ1) is 5.36. The third kappa shape index (κ3) is 1.000. The Morgan fingerprint density at radius 3 is 3.09 bits per heavy atom. The fourth-order valence-corrected chi connectivity index (χ4v) is 0.916. The maximum Gasteiger partial charge on any atom is 0.320 e. The molecule has 0 saturated carbocycles. The number of nitrogens with one attached hydrogen (secondary N) is 2. The number of hydrogen-bond donors (Lipinski definition) is 2. The lowest BCUT2D eigenvalue weighted by molar-refractivity contribution is 0.250. The molecule has 2 N–H and O–H groups in total. The quantitative estimate of drug-likeness (QED) is 0.551. The predicted molar refractivity (Wildman–Crippen MR) is 37.9 cm³/mol. The van der Waals surface area contributed by atoms with Gasteiger partial charge in [-0.25, -0.2) is 9.78 Å². The van der Waals surface area contributed by atoms with Gasteiger partial charge in [-0.3, -0.25) is 10.3 Å². The van der Waals surface area contributed by atoms with E-state index in [-0.39, 0.29) is 6.03 Å². The van der Waals surface area contributed by atoms with Crippen LogP contribution in [0.2, 0.25) is 0 Å². The van der Waals surface area contributed by atoms with Crippen LogP contribution in [-0.4, -0.2) is 16.0 Å². The Bertz CT molecular complexity index is 298. The molecule has 0 fully saturated rings. The van der Waals surface area contributed by atoms with Gasteiger partial charge in [0.25, 0.3) is 0 Å². The van der Waals surface area contributed by atoms with Gasteiger partial charge < -0.3 is 5.32 Å². The minimum atomic E-state index is -0.224. The maximum absolute atomic E-state index is 10.7. The number of anilines is 1. The fourth-order valence-electron chi connectivity index (χ4n) is 0.916. The second-order valence-corrected chi connectivity index (χ2v) is 2.16. The zero-order chi connectivity index (χ0) is 7.68. The highest BCUT2D eigenvalue weighted by atomic mass is 16.2. The van der Waals surface area contributed by atoms with E-state index in [2.05, 4.69) is 20.6 Å². The van der Waals surface area contributed by atoms with E-state index in [0.29, 0.717) is 12.4 Å². The molecule has 11 heavy (non-hydrogen) atoms. The van der Waals surface area contributed by atoms with Crippen LogP contribution in [0.4, 0.5) is 10.6 Å². The van der Waals surface area contributed by atoms with Gasteiger partial charge in [-0.1, -0.05) is 0 Å². The summed E-state index contributed by atoms with van der Waals surface area (Å²) < 4.78 is 0. The highest BCUT2D eigenvalue weighted by molar-refractivity contribution is 5.90. The summed E-state index contributed by atoms with van der Waals surface area (Å²) in [6.45, 7) is 0.453. The normalized spacial score (nSPS) is 14.7. The molecular formula is C6H6N4O. The number of hydrogen-bond acceptors (Lipinski definition) is 3. The van der Waals surface area contributed by atoms with Crippen molar-refractivity contribution in [2.24, 2.45) is 0 Å². The van der Waals surface area contributed by atoms with Crippen LogP contribution in [0.25, 0.3) is 0 Å². The highest BCUT2D eigenvalue weighted by Crippen LogP contribution is 2.10.